The molecule has 1 aromatic heterocycles. The van der Waals surface area contributed by atoms with Crippen LogP contribution in [0, 0.1) is 0 Å². The normalized spacial score (nSPS) is 10.4. The number of halogens is 1. The number of anilines is 1. The van der Waals surface area contributed by atoms with Crippen molar-refractivity contribution in [3.8, 4) is 16.3 Å². The van der Waals surface area contributed by atoms with Gasteiger partial charge >= 0.3 is 0 Å². The number of hydrogen-bond acceptors (Lipinski definition) is 5. The van der Waals surface area contributed by atoms with Crippen molar-refractivity contribution in [2.24, 2.45) is 0 Å². The molecule has 0 aliphatic rings. The van der Waals surface area contributed by atoms with E-state index in [-0.39, 0.29) is 5.91 Å². The minimum absolute atomic E-state index is 0.192. The molecule has 0 spiro atoms. The summed E-state index contributed by atoms with van der Waals surface area (Å²) in [4.78, 5) is 14.5. The van der Waals surface area contributed by atoms with E-state index in [1.165, 1.54) is 11.3 Å². The van der Waals surface area contributed by atoms with Crippen LogP contribution in [0.25, 0.3) is 10.6 Å². The highest BCUT2D eigenvalue weighted by Crippen LogP contribution is 2.30. The Morgan fingerprint density at radius 3 is 2.73 bits per heavy atom. The second-order valence-electron chi connectivity index (χ2n) is 5.33. The Bertz CT molecular complexity index is 925. The van der Waals surface area contributed by atoms with E-state index in [4.69, 9.17) is 16.3 Å². The van der Waals surface area contributed by atoms with E-state index < -0.39 is 0 Å². The molecule has 0 saturated carbocycles. The second kappa shape index (κ2) is 8.12. The van der Waals surface area contributed by atoms with Crippen molar-refractivity contribution in [3.05, 3.63) is 71.8 Å². The van der Waals surface area contributed by atoms with Crippen LogP contribution in [0.4, 0.5) is 5.13 Å². The summed E-state index contributed by atoms with van der Waals surface area (Å²) >= 11 is 7.26. The Morgan fingerprint density at radius 2 is 2.04 bits per heavy atom. The van der Waals surface area contributed by atoms with E-state index in [0.29, 0.717) is 33.0 Å². The molecule has 0 aliphatic carbocycles. The molecule has 0 atom stereocenters. The standard InChI is InChI=1S/C19H16ClN3O2S/c1-3-11-23(18(24)14-5-4-6-16(12-14)25-2)19-22-21-17(26-19)13-7-9-15(20)10-8-13/h3-10,12H,1,11H2,2H3. The zero-order chi connectivity index (χ0) is 18.5. The highest BCUT2D eigenvalue weighted by Gasteiger charge is 2.21. The number of methoxy groups -OCH3 is 1. The minimum atomic E-state index is -0.192. The largest absolute Gasteiger partial charge is 0.497 e. The molecule has 0 bridgehead atoms. The van der Waals surface area contributed by atoms with E-state index in [9.17, 15) is 4.79 Å². The van der Waals surface area contributed by atoms with Gasteiger partial charge in [0.15, 0.2) is 0 Å². The maximum absolute atomic E-state index is 12.9. The van der Waals surface area contributed by atoms with Crippen molar-refractivity contribution >= 4 is 34.0 Å². The molecule has 0 N–H and O–H groups in total. The van der Waals surface area contributed by atoms with E-state index in [2.05, 4.69) is 16.8 Å². The van der Waals surface area contributed by atoms with Gasteiger partial charge in [0, 0.05) is 22.7 Å². The molecule has 1 heterocycles. The summed E-state index contributed by atoms with van der Waals surface area (Å²) in [6, 6.07) is 14.3. The molecule has 5 nitrogen and oxygen atoms in total. The summed E-state index contributed by atoms with van der Waals surface area (Å²) in [6.07, 6.45) is 1.65. The van der Waals surface area contributed by atoms with Gasteiger partial charge in [0.05, 0.1) is 7.11 Å². The van der Waals surface area contributed by atoms with Crippen molar-refractivity contribution in [3.63, 3.8) is 0 Å². The van der Waals surface area contributed by atoms with Gasteiger partial charge in [-0.3, -0.25) is 9.69 Å². The molecular weight excluding hydrogens is 370 g/mol. The van der Waals surface area contributed by atoms with Gasteiger partial charge in [-0.05, 0) is 30.3 Å². The Labute approximate surface area is 160 Å². The fraction of sp³-hybridized carbons (Fsp3) is 0.105. The number of carbonyl (C=O) groups is 1. The first kappa shape index (κ1) is 18.1. The number of hydrogen-bond donors (Lipinski definition) is 0. The number of amides is 1. The van der Waals surface area contributed by atoms with Crippen molar-refractivity contribution in [1.82, 2.24) is 10.2 Å². The maximum atomic E-state index is 12.9. The maximum Gasteiger partial charge on any atom is 0.260 e. The average Bonchev–Trinajstić information content (AvgIpc) is 3.16. The topological polar surface area (TPSA) is 55.3 Å². The second-order valence-corrected chi connectivity index (χ2v) is 6.73. The van der Waals surface area contributed by atoms with Gasteiger partial charge in [0.2, 0.25) is 5.13 Å². The van der Waals surface area contributed by atoms with Gasteiger partial charge < -0.3 is 4.74 Å². The first-order valence-corrected chi connectivity index (χ1v) is 8.98. The molecule has 3 rings (SSSR count). The molecule has 0 fully saturated rings. The van der Waals surface area contributed by atoms with Crippen LogP contribution in [-0.4, -0.2) is 29.8 Å². The van der Waals surface area contributed by atoms with Crippen LogP contribution in [0.5, 0.6) is 5.75 Å². The first-order valence-electron chi connectivity index (χ1n) is 7.78. The van der Waals surface area contributed by atoms with Gasteiger partial charge in [-0.2, -0.15) is 0 Å². The van der Waals surface area contributed by atoms with E-state index in [0.717, 1.165) is 5.56 Å². The van der Waals surface area contributed by atoms with Crippen molar-refractivity contribution in [1.29, 1.82) is 0 Å². The zero-order valence-corrected chi connectivity index (χ0v) is 15.6. The monoisotopic (exact) mass is 385 g/mol. The number of aromatic nitrogens is 2. The fourth-order valence-electron chi connectivity index (χ4n) is 2.32. The Balaban J connectivity index is 1.91. The number of carbonyl (C=O) groups excluding carboxylic acids is 1. The van der Waals surface area contributed by atoms with Crippen LogP contribution in [0.1, 0.15) is 10.4 Å². The molecule has 3 aromatic rings. The van der Waals surface area contributed by atoms with Gasteiger partial charge in [-0.1, -0.05) is 47.2 Å². The summed E-state index contributed by atoms with van der Waals surface area (Å²) in [5, 5.41) is 10.3. The Morgan fingerprint density at radius 1 is 1.27 bits per heavy atom. The van der Waals surface area contributed by atoms with Crippen molar-refractivity contribution < 1.29 is 9.53 Å². The predicted molar refractivity (Wildman–Crippen MR) is 105 cm³/mol. The summed E-state index contributed by atoms with van der Waals surface area (Å²) in [5.41, 5.74) is 1.40. The highest BCUT2D eigenvalue weighted by molar-refractivity contribution is 7.18. The van der Waals surface area contributed by atoms with Crippen LogP contribution in [0.3, 0.4) is 0 Å². The van der Waals surface area contributed by atoms with Gasteiger partial charge in [-0.25, -0.2) is 0 Å². The van der Waals surface area contributed by atoms with Gasteiger partial charge in [-0.15, -0.1) is 16.8 Å². The lowest BCUT2D eigenvalue weighted by Gasteiger charge is -2.17. The third-order valence-corrected chi connectivity index (χ3v) is 4.86. The molecular formula is C19H16ClN3O2S. The highest BCUT2D eigenvalue weighted by atomic mass is 35.5. The molecule has 1 amide bonds. The van der Waals surface area contributed by atoms with Crippen molar-refractivity contribution in [2.75, 3.05) is 18.6 Å². The SMILES string of the molecule is C=CCN(C(=O)c1cccc(OC)c1)c1nnc(-c2ccc(Cl)cc2)s1. The Kier molecular flexibility index (Phi) is 5.65. The minimum Gasteiger partial charge on any atom is -0.497 e. The molecule has 0 radical (unpaired) electrons. The predicted octanol–water partition coefficient (Wildman–Crippen LogP) is 4.70. The summed E-state index contributed by atoms with van der Waals surface area (Å²) < 4.78 is 5.19. The van der Waals surface area contributed by atoms with E-state index in [1.54, 1.807) is 54.5 Å². The third kappa shape index (κ3) is 3.92. The molecule has 0 saturated heterocycles. The van der Waals surface area contributed by atoms with E-state index >= 15 is 0 Å². The summed E-state index contributed by atoms with van der Waals surface area (Å²) in [6.45, 7) is 4.06. The molecule has 0 unspecified atom stereocenters. The summed E-state index contributed by atoms with van der Waals surface area (Å²) in [7, 11) is 1.56. The lowest BCUT2D eigenvalue weighted by atomic mass is 10.2. The van der Waals surface area contributed by atoms with Crippen LogP contribution >= 0.6 is 22.9 Å². The van der Waals surface area contributed by atoms with Crippen LogP contribution < -0.4 is 9.64 Å². The van der Waals surface area contributed by atoms with Crippen LogP contribution in [0.2, 0.25) is 5.02 Å². The quantitative estimate of drug-likeness (QED) is 0.577. The fourth-order valence-corrected chi connectivity index (χ4v) is 3.31. The third-order valence-electron chi connectivity index (χ3n) is 3.61. The molecule has 2 aromatic carbocycles. The summed E-state index contributed by atoms with van der Waals surface area (Å²) in [5.74, 6) is 0.427. The molecule has 26 heavy (non-hydrogen) atoms. The first-order chi connectivity index (χ1) is 12.6. The van der Waals surface area contributed by atoms with Gasteiger partial charge in [0.25, 0.3) is 5.91 Å². The Hall–Kier alpha value is -2.70. The lowest BCUT2D eigenvalue weighted by Crippen LogP contribution is -2.31. The zero-order valence-electron chi connectivity index (χ0n) is 14.1. The van der Waals surface area contributed by atoms with E-state index in [1.807, 2.05) is 12.1 Å². The number of benzene rings is 2. The lowest BCUT2D eigenvalue weighted by molar-refractivity contribution is 0.0989. The molecule has 132 valence electrons. The number of ether oxygens (including phenoxy) is 1. The van der Waals surface area contributed by atoms with Gasteiger partial charge in [0.1, 0.15) is 10.8 Å². The number of nitrogens with zero attached hydrogens (tertiary/aromatic N) is 3. The average molecular weight is 386 g/mol. The molecule has 0 aliphatic heterocycles. The number of rotatable bonds is 6. The van der Waals surface area contributed by atoms with Crippen LogP contribution in [-0.2, 0) is 0 Å². The smallest absolute Gasteiger partial charge is 0.260 e. The van der Waals surface area contributed by atoms with Crippen molar-refractivity contribution in [2.45, 2.75) is 0 Å². The van der Waals surface area contributed by atoms with Crippen LogP contribution in [0.15, 0.2) is 61.2 Å². The molecule has 7 heteroatoms.